The normalized spacial score (nSPS) is 10.3. The third-order valence-corrected chi connectivity index (χ3v) is 1.27. The Morgan fingerprint density at radius 1 is 1.27 bits per heavy atom. The van der Waals surface area contributed by atoms with E-state index in [1.807, 2.05) is 0 Å². The van der Waals surface area contributed by atoms with Crippen molar-refractivity contribution in [1.82, 2.24) is 5.32 Å². The zero-order valence-corrected chi connectivity index (χ0v) is 8.28. The Bertz CT molecular complexity index is 310. The van der Waals surface area contributed by atoms with Crippen LogP contribution >= 0.6 is 0 Å². The molecule has 0 aromatic heterocycles. The molecule has 5 nitrogen and oxygen atoms in total. The minimum Gasteiger partial charge on any atom is -0.451 e. The number of hydrogen-bond acceptors (Lipinski definition) is 4. The maximum absolute atomic E-state index is 11.1. The van der Waals surface area contributed by atoms with E-state index in [0.717, 1.165) is 0 Å². The van der Waals surface area contributed by atoms with E-state index in [2.05, 4.69) is 26.6 Å². The highest BCUT2D eigenvalue weighted by Gasteiger charge is 2.16. The van der Waals surface area contributed by atoms with Crippen LogP contribution in [0, 0.1) is 24.7 Å². The number of carbonyl (C=O) groups is 2. The first-order chi connectivity index (χ1) is 7.11. The summed E-state index contributed by atoms with van der Waals surface area (Å²) in [7, 11) is 0. The first-order valence-corrected chi connectivity index (χ1v) is 4.08. The van der Waals surface area contributed by atoms with Crippen molar-refractivity contribution in [1.29, 1.82) is 0 Å². The molecule has 1 atom stereocenters. The molecule has 0 spiro atoms. The predicted molar refractivity (Wildman–Crippen MR) is 52.6 cm³/mol. The van der Waals surface area contributed by atoms with Gasteiger partial charge in [0.15, 0.2) is 13.2 Å². The molecule has 0 heterocycles. The van der Waals surface area contributed by atoms with Crippen molar-refractivity contribution in [2.24, 2.45) is 0 Å². The van der Waals surface area contributed by atoms with Gasteiger partial charge in [-0.05, 0) is 6.92 Å². The van der Waals surface area contributed by atoms with Gasteiger partial charge in [0.25, 0.3) is 0 Å². The van der Waals surface area contributed by atoms with Crippen molar-refractivity contribution in [2.75, 3.05) is 13.2 Å². The first-order valence-electron chi connectivity index (χ1n) is 4.08. The van der Waals surface area contributed by atoms with Gasteiger partial charge in [-0.2, -0.15) is 0 Å². The molecule has 0 rings (SSSR count). The van der Waals surface area contributed by atoms with Crippen LogP contribution in [-0.2, 0) is 14.3 Å². The number of terminal acetylenes is 2. The second-order valence-corrected chi connectivity index (χ2v) is 2.46. The Hall–Kier alpha value is -2.14. The van der Waals surface area contributed by atoms with Gasteiger partial charge in [-0.1, -0.05) is 11.8 Å². The lowest BCUT2D eigenvalue weighted by Crippen LogP contribution is -2.39. The van der Waals surface area contributed by atoms with Crippen molar-refractivity contribution >= 4 is 12.1 Å². The van der Waals surface area contributed by atoms with E-state index < -0.39 is 18.1 Å². The van der Waals surface area contributed by atoms with E-state index in [1.165, 1.54) is 6.92 Å². The minimum atomic E-state index is -0.830. The average molecular weight is 209 g/mol. The van der Waals surface area contributed by atoms with Crippen LogP contribution in [0.25, 0.3) is 0 Å². The van der Waals surface area contributed by atoms with Crippen LogP contribution in [0.3, 0.4) is 0 Å². The van der Waals surface area contributed by atoms with Gasteiger partial charge in [0.2, 0.25) is 0 Å². The van der Waals surface area contributed by atoms with Crippen LogP contribution in [0.4, 0.5) is 4.79 Å². The Labute approximate surface area is 88.1 Å². The molecule has 1 unspecified atom stereocenters. The number of alkyl carbamates (subject to hydrolysis) is 1. The monoisotopic (exact) mass is 209 g/mol. The fourth-order valence-corrected chi connectivity index (χ4v) is 0.622. The fourth-order valence-electron chi connectivity index (χ4n) is 0.622. The van der Waals surface area contributed by atoms with Gasteiger partial charge in [0.05, 0.1) is 0 Å². The molecule has 0 aliphatic carbocycles. The summed E-state index contributed by atoms with van der Waals surface area (Å²) in [5.74, 6) is 3.60. The molecule has 1 N–H and O–H groups in total. The predicted octanol–water partition coefficient (Wildman–Crippen LogP) is -0.0893. The third kappa shape index (κ3) is 6.00. The molecule has 0 aliphatic heterocycles. The van der Waals surface area contributed by atoms with E-state index in [0.29, 0.717) is 0 Å². The maximum Gasteiger partial charge on any atom is 0.408 e. The summed E-state index contributed by atoms with van der Waals surface area (Å²) in [5, 5.41) is 2.22. The van der Waals surface area contributed by atoms with Crippen molar-refractivity contribution in [2.45, 2.75) is 13.0 Å². The SMILES string of the molecule is C#CCOC(=O)NC(C)C(=O)OCC#C. The third-order valence-electron chi connectivity index (χ3n) is 1.27. The Morgan fingerprint density at radius 3 is 2.33 bits per heavy atom. The molecule has 0 radical (unpaired) electrons. The molecule has 1 amide bonds. The second kappa shape index (κ2) is 7.28. The van der Waals surface area contributed by atoms with Gasteiger partial charge in [0.1, 0.15) is 6.04 Å². The number of hydrogen-bond donors (Lipinski definition) is 1. The van der Waals surface area contributed by atoms with Gasteiger partial charge < -0.3 is 14.8 Å². The zero-order valence-electron chi connectivity index (χ0n) is 8.28. The van der Waals surface area contributed by atoms with E-state index in [9.17, 15) is 9.59 Å². The van der Waals surface area contributed by atoms with Gasteiger partial charge in [0, 0.05) is 0 Å². The van der Waals surface area contributed by atoms with Crippen molar-refractivity contribution < 1.29 is 19.1 Å². The molecular weight excluding hydrogens is 198 g/mol. The van der Waals surface area contributed by atoms with Gasteiger partial charge in [-0.15, -0.1) is 12.8 Å². The van der Waals surface area contributed by atoms with Crippen LogP contribution in [0.5, 0.6) is 0 Å². The van der Waals surface area contributed by atoms with E-state index >= 15 is 0 Å². The molecule has 5 heteroatoms. The second-order valence-electron chi connectivity index (χ2n) is 2.46. The topological polar surface area (TPSA) is 64.6 Å². The highest BCUT2D eigenvalue weighted by Crippen LogP contribution is 1.89. The summed E-state index contributed by atoms with van der Waals surface area (Å²) in [4.78, 5) is 22.0. The molecular formula is C10H11NO4. The van der Waals surface area contributed by atoms with Crippen molar-refractivity contribution in [3.8, 4) is 24.7 Å². The molecule has 0 bridgehead atoms. The van der Waals surface area contributed by atoms with E-state index in [4.69, 9.17) is 12.8 Å². The number of rotatable bonds is 4. The first kappa shape index (κ1) is 12.9. The highest BCUT2D eigenvalue weighted by atomic mass is 16.6. The maximum atomic E-state index is 11.1. The van der Waals surface area contributed by atoms with Crippen LogP contribution in [0.15, 0.2) is 0 Å². The zero-order chi connectivity index (χ0) is 11.7. The Morgan fingerprint density at radius 2 is 1.80 bits per heavy atom. The molecule has 80 valence electrons. The summed E-state index contributed by atoms with van der Waals surface area (Å²) in [6, 6.07) is -0.830. The van der Waals surface area contributed by atoms with Crippen LogP contribution in [0.1, 0.15) is 6.92 Å². The van der Waals surface area contributed by atoms with E-state index in [1.54, 1.807) is 0 Å². The largest absolute Gasteiger partial charge is 0.451 e. The lowest BCUT2D eigenvalue weighted by atomic mass is 10.3. The van der Waals surface area contributed by atoms with Crippen LogP contribution < -0.4 is 5.32 Å². The van der Waals surface area contributed by atoms with Gasteiger partial charge >= 0.3 is 12.1 Å². The van der Waals surface area contributed by atoms with E-state index in [-0.39, 0.29) is 13.2 Å². The average Bonchev–Trinajstić information content (AvgIpc) is 2.22. The van der Waals surface area contributed by atoms with Gasteiger partial charge in [-0.3, -0.25) is 0 Å². The number of amides is 1. The number of nitrogens with one attached hydrogen (secondary N) is 1. The Balaban J connectivity index is 3.87. The lowest BCUT2D eigenvalue weighted by Gasteiger charge is -2.11. The molecule has 0 saturated heterocycles. The molecule has 0 aromatic carbocycles. The number of carbonyl (C=O) groups excluding carboxylic acids is 2. The molecule has 0 fully saturated rings. The van der Waals surface area contributed by atoms with Crippen LogP contribution in [-0.4, -0.2) is 31.3 Å². The number of esters is 1. The van der Waals surface area contributed by atoms with Gasteiger partial charge in [-0.25, -0.2) is 9.59 Å². The standard InChI is InChI=1S/C10H11NO4/c1-4-6-14-9(12)8(3)11-10(13)15-7-5-2/h1-2,8H,6-7H2,3H3,(H,11,13). The van der Waals surface area contributed by atoms with Crippen molar-refractivity contribution in [3.05, 3.63) is 0 Å². The summed E-state index contributed by atoms with van der Waals surface area (Å²) in [6.07, 6.45) is 8.97. The quantitative estimate of drug-likeness (QED) is 0.519. The summed E-state index contributed by atoms with van der Waals surface area (Å²) >= 11 is 0. The highest BCUT2D eigenvalue weighted by molar-refractivity contribution is 5.81. The Kier molecular flexibility index (Phi) is 6.24. The minimum absolute atomic E-state index is 0.135. The summed E-state index contributed by atoms with van der Waals surface area (Å²) in [6.45, 7) is 1.15. The van der Waals surface area contributed by atoms with Crippen molar-refractivity contribution in [3.63, 3.8) is 0 Å². The smallest absolute Gasteiger partial charge is 0.408 e. The summed E-state index contributed by atoms with van der Waals surface area (Å²) < 4.78 is 9.05. The summed E-state index contributed by atoms with van der Waals surface area (Å²) in [5.41, 5.74) is 0. The molecule has 0 saturated carbocycles. The molecule has 0 aromatic rings. The fraction of sp³-hybridized carbons (Fsp3) is 0.400. The van der Waals surface area contributed by atoms with Crippen LogP contribution in [0.2, 0.25) is 0 Å². The lowest BCUT2D eigenvalue weighted by molar-refractivity contribution is -0.144. The molecule has 0 aliphatic rings. The number of ether oxygens (including phenoxy) is 2. The molecule has 15 heavy (non-hydrogen) atoms.